The summed E-state index contributed by atoms with van der Waals surface area (Å²) >= 11 is 0. The Morgan fingerprint density at radius 2 is 1.74 bits per heavy atom. The third kappa shape index (κ3) is 4.63. The Morgan fingerprint density at radius 1 is 1.21 bits per heavy atom. The molecule has 3 N–H and O–H groups in total. The van der Waals surface area contributed by atoms with Gasteiger partial charge in [0.25, 0.3) is 0 Å². The van der Waals surface area contributed by atoms with Crippen molar-refractivity contribution in [2.24, 2.45) is 17.1 Å². The van der Waals surface area contributed by atoms with Crippen LogP contribution >= 0.6 is 0 Å². The summed E-state index contributed by atoms with van der Waals surface area (Å²) in [5.41, 5.74) is 5.48. The molecule has 114 valence electrons. The van der Waals surface area contributed by atoms with E-state index in [4.69, 9.17) is 5.73 Å². The Hall–Kier alpha value is -0.290. The van der Waals surface area contributed by atoms with Crippen LogP contribution in [-0.2, 0) is 0 Å². The van der Waals surface area contributed by atoms with E-state index < -0.39 is 18.3 Å². The van der Waals surface area contributed by atoms with Crippen molar-refractivity contribution in [1.29, 1.82) is 0 Å². The highest BCUT2D eigenvalue weighted by Gasteiger charge is 2.40. The van der Waals surface area contributed by atoms with E-state index in [1.807, 2.05) is 0 Å². The summed E-state index contributed by atoms with van der Waals surface area (Å²) in [6.07, 6.45) is 0.345. The lowest BCUT2D eigenvalue weighted by Crippen LogP contribution is -2.56. The van der Waals surface area contributed by atoms with Crippen LogP contribution in [0.25, 0.3) is 0 Å². The minimum absolute atomic E-state index is 0.269. The summed E-state index contributed by atoms with van der Waals surface area (Å²) in [7, 11) is 0. The zero-order valence-electron chi connectivity index (χ0n) is 12.2. The van der Waals surface area contributed by atoms with E-state index in [1.165, 1.54) is 0 Å². The first kappa shape index (κ1) is 16.8. The minimum Gasteiger partial charge on any atom is -0.329 e. The SMILES string of the molecule is CCC(C)(C)C1CCC(CN)(NCC(F)(F)F)CC1. The minimum atomic E-state index is -4.16. The molecule has 0 spiro atoms. The molecule has 1 rings (SSSR count). The highest BCUT2D eigenvalue weighted by molar-refractivity contribution is 4.96. The molecule has 0 atom stereocenters. The largest absolute Gasteiger partial charge is 0.401 e. The second-order valence-electron chi connectivity index (χ2n) is 6.57. The zero-order valence-corrected chi connectivity index (χ0v) is 12.2. The van der Waals surface area contributed by atoms with Crippen LogP contribution in [0.5, 0.6) is 0 Å². The first-order valence-corrected chi connectivity index (χ1v) is 7.16. The van der Waals surface area contributed by atoms with E-state index >= 15 is 0 Å². The van der Waals surface area contributed by atoms with Crippen LogP contribution in [0.15, 0.2) is 0 Å². The lowest BCUT2D eigenvalue weighted by Gasteiger charge is -2.45. The number of nitrogens with one attached hydrogen (secondary N) is 1. The van der Waals surface area contributed by atoms with Gasteiger partial charge in [0.05, 0.1) is 6.54 Å². The molecule has 1 saturated carbocycles. The summed E-state index contributed by atoms with van der Waals surface area (Å²) in [6.45, 7) is 6.01. The summed E-state index contributed by atoms with van der Waals surface area (Å²) in [5.74, 6) is 0.588. The maximum atomic E-state index is 12.3. The van der Waals surface area contributed by atoms with Gasteiger partial charge in [0.2, 0.25) is 0 Å². The lowest BCUT2D eigenvalue weighted by atomic mass is 9.65. The molecule has 0 unspecified atom stereocenters. The van der Waals surface area contributed by atoms with Gasteiger partial charge in [-0.25, -0.2) is 0 Å². The average molecular weight is 280 g/mol. The Morgan fingerprint density at radius 3 is 2.11 bits per heavy atom. The van der Waals surface area contributed by atoms with Crippen molar-refractivity contribution in [1.82, 2.24) is 5.32 Å². The molecule has 0 radical (unpaired) electrons. The predicted octanol–water partition coefficient (Wildman–Crippen LogP) is 3.46. The number of halogens is 3. The summed E-state index contributed by atoms with van der Waals surface area (Å²) in [6, 6.07) is 0. The van der Waals surface area contributed by atoms with E-state index in [2.05, 4.69) is 26.1 Å². The Labute approximate surface area is 114 Å². The number of nitrogens with two attached hydrogens (primary N) is 1. The van der Waals surface area contributed by atoms with Gasteiger partial charge in [-0.3, -0.25) is 0 Å². The first-order chi connectivity index (χ1) is 8.64. The van der Waals surface area contributed by atoms with Crippen molar-refractivity contribution in [3.63, 3.8) is 0 Å². The summed E-state index contributed by atoms with van der Waals surface area (Å²) < 4.78 is 37.0. The number of alkyl halides is 3. The third-order valence-corrected chi connectivity index (χ3v) is 5.01. The number of hydrogen-bond acceptors (Lipinski definition) is 2. The van der Waals surface area contributed by atoms with E-state index in [9.17, 15) is 13.2 Å². The highest BCUT2D eigenvalue weighted by atomic mass is 19.4. The smallest absolute Gasteiger partial charge is 0.329 e. The van der Waals surface area contributed by atoms with E-state index in [0.717, 1.165) is 32.1 Å². The molecule has 0 bridgehead atoms. The fourth-order valence-corrected chi connectivity index (χ4v) is 2.98. The maximum Gasteiger partial charge on any atom is 0.401 e. The van der Waals surface area contributed by atoms with Crippen LogP contribution in [0.3, 0.4) is 0 Å². The van der Waals surface area contributed by atoms with Gasteiger partial charge in [-0.15, -0.1) is 0 Å². The molecular formula is C14H27F3N2. The highest BCUT2D eigenvalue weighted by Crippen LogP contribution is 2.43. The summed E-state index contributed by atoms with van der Waals surface area (Å²) in [4.78, 5) is 0. The molecule has 1 aliphatic rings. The van der Waals surface area contributed by atoms with Crippen molar-refractivity contribution in [3.8, 4) is 0 Å². The van der Waals surface area contributed by atoms with E-state index in [1.54, 1.807) is 0 Å². The second-order valence-corrected chi connectivity index (χ2v) is 6.57. The fraction of sp³-hybridized carbons (Fsp3) is 1.00. The quantitative estimate of drug-likeness (QED) is 0.809. The Bertz CT molecular complexity index is 279. The van der Waals surface area contributed by atoms with Crippen molar-refractivity contribution in [2.75, 3.05) is 13.1 Å². The van der Waals surface area contributed by atoms with E-state index in [-0.39, 0.29) is 12.0 Å². The lowest BCUT2D eigenvalue weighted by molar-refractivity contribution is -0.130. The Kier molecular flexibility index (Phi) is 5.29. The van der Waals surface area contributed by atoms with E-state index in [0.29, 0.717) is 5.92 Å². The molecule has 0 heterocycles. The monoisotopic (exact) mass is 280 g/mol. The fourth-order valence-electron chi connectivity index (χ4n) is 2.98. The molecule has 0 aromatic heterocycles. The van der Waals surface area contributed by atoms with Crippen LogP contribution in [0, 0.1) is 11.3 Å². The van der Waals surface area contributed by atoms with Crippen LogP contribution in [-0.4, -0.2) is 24.8 Å². The van der Waals surface area contributed by atoms with Crippen LogP contribution in [0.1, 0.15) is 52.9 Å². The Balaban J connectivity index is 2.57. The van der Waals surface area contributed by atoms with Crippen molar-refractivity contribution >= 4 is 0 Å². The topological polar surface area (TPSA) is 38.0 Å². The van der Waals surface area contributed by atoms with Gasteiger partial charge in [-0.05, 0) is 37.0 Å². The van der Waals surface area contributed by atoms with Gasteiger partial charge < -0.3 is 11.1 Å². The molecular weight excluding hydrogens is 253 g/mol. The molecule has 19 heavy (non-hydrogen) atoms. The summed E-state index contributed by atoms with van der Waals surface area (Å²) in [5, 5.41) is 2.66. The van der Waals surface area contributed by atoms with Crippen LogP contribution in [0.2, 0.25) is 0 Å². The van der Waals surface area contributed by atoms with Gasteiger partial charge in [0.15, 0.2) is 0 Å². The first-order valence-electron chi connectivity index (χ1n) is 7.16. The maximum absolute atomic E-state index is 12.3. The van der Waals surface area contributed by atoms with Crippen molar-refractivity contribution in [2.45, 2.75) is 64.6 Å². The second kappa shape index (κ2) is 6.00. The molecule has 1 fully saturated rings. The van der Waals surface area contributed by atoms with Crippen LogP contribution < -0.4 is 11.1 Å². The van der Waals surface area contributed by atoms with Crippen molar-refractivity contribution in [3.05, 3.63) is 0 Å². The molecule has 0 amide bonds. The molecule has 0 aromatic carbocycles. The van der Waals surface area contributed by atoms with Gasteiger partial charge >= 0.3 is 6.18 Å². The third-order valence-electron chi connectivity index (χ3n) is 5.01. The van der Waals surface area contributed by atoms with Crippen molar-refractivity contribution < 1.29 is 13.2 Å². The molecule has 0 saturated heterocycles. The van der Waals surface area contributed by atoms with Crippen LogP contribution in [0.4, 0.5) is 13.2 Å². The molecule has 2 nitrogen and oxygen atoms in total. The van der Waals surface area contributed by atoms with Gasteiger partial charge in [0, 0.05) is 12.1 Å². The predicted molar refractivity (Wildman–Crippen MR) is 71.9 cm³/mol. The standard InChI is InChI=1S/C14H27F3N2/c1-4-12(2,3)11-5-7-13(9-18,8-6-11)19-10-14(15,16)17/h11,19H,4-10,18H2,1-3H3. The normalized spacial score (nSPS) is 29.5. The van der Waals surface area contributed by atoms with Gasteiger partial charge in [-0.2, -0.15) is 13.2 Å². The van der Waals surface area contributed by atoms with Gasteiger partial charge in [0.1, 0.15) is 0 Å². The average Bonchev–Trinajstić information content (AvgIpc) is 2.36. The molecule has 0 aromatic rings. The zero-order chi connectivity index (χ0) is 14.7. The molecule has 0 aliphatic heterocycles. The van der Waals surface area contributed by atoms with Gasteiger partial charge in [-0.1, -0.05) is 27.2 Å². The molecule has 5 heteroatoms. The number of hydrogen-bond donors (Lipinski definition) is 2. The number of rotatable bonds is 5. The molecule has 1 aliphatic carbocycles.